The molecule has 1 atom stereocenters. The van der Waals surface area contributed by atoms with Crippen LogP contribution in [0.4, 0.5) is 0 Å². The Kier molecular flexibility index (Phi) is 5.00. The lowest BCUT2D eigenvalue weighted by Crippen LogP contribution is -2.41. The molecular formula is C21H24N2O3S. The second kappa shape index (κ2) is 7.43. The van der Waals surface area contributed by atoms with Crippen LogP contribution in [0.15, 0.2) is 42.7 Å². The average Bonchev–Trinajstić information content (AvgIpc) is 3.26. The van der Waals surface area contributed by atoms with Crippen molar-refractivity contribution in [3.05, 3.63) is 65.0 Å². The summed E-state index contributed by atoms with van der Waals surface area (Å²) < 4.78 is 23.9. The van der Waals surface area contributed by atoms with Crippen LogP contribution in [0.2, 0.25) is 0 Å². The molecule has 0 radical (unpaired) electrons. The van der Waals surface area contributed by atoms with E-state index in [9.17, 15) is 13.2 Å². The van der Waals surface area contributed by atoms with Gasteiger partial charge in [0, 0.05) is 25.0 Å². The first-order chi connectivity index (χ1) is 13.0. The van der Waals surface area contributed by atoms with E-state index in [-0.39, 0.29) is 23.5 Å². The number of rotatable bonds is 5. The van der Waals surface area contributed by atoms with Crippen molar-refractivity contribution in [2.24, 2.45) is 0 Å². The standard InChI is InChI=1S/C21H24N2O3S/c24-21(12-16-6-7-18-4-1-5-19(18)11-16)23(14-17-3-2-9-22-13-17)20-8-10-27(25,26)15-20/h2-3,6-7,9,11,13,20H,1,4-5,8,10,12,14-15H2. The molecular weight excluding hydrogens is 360 g/mol. The molecule has 6 heteroatoms. The maximum absolute atomic E-state index is 13.1. The van der Waals surface area contributed by atoms with Gasteiger partial charge in [-0.05, 0) is 54.0 Å². The van der Waals surface area contributed by atoms with Gasteiger partial charge in [-0.15, -0.1) is 0 Å². The molecule has 142 valence electrons. The fraction of sp³-hybridized carbons (Fsp3) is 0.429. The molecule has 0 bridgehead atoms. The van der Waals surface area contributed by atoms with Crippen LogP contribution in [-0.2, 0) is 40.4 Å². The molecule has 4 rings (SSSR count). The average molecular weight is 385 g/mol. The van der Waals surface area contributed by atoms with Gasteiger partial charge in [0.1, 0.15) is 0 Å². The van der Waals surface area contributed by atoms with Gasteiger partial charge in [-0.3, -0.25) is 9.78 Å². The van der Waals surface area contributed by atoms with E-state index in [1.807, 2.05) is 18.2 Å². The van der Waals surface area contributed by atoms with E-state index >= 15 is 0 Å². The van der Waals surface area contributed by atoms with Gasteiger partial charge < -0.3 is 4.90 Å². The quantitative estimate of drug-likeness (QED) is 0.794. The number of carbonyl (C=O) groups excluding carboxylic acids is 1. The second-order valence-electron chi connectivity index (χ2n) is 7.57. The normalized spacial score (nSPS) is 20.4. The first kappa shape index (κ1) is 18.2. The van der Waals surface area contributed by atoms with Crippen molar-refractivity contribution >= 4 is 15.7 Å². The van der Waals surface area contributed by atoms with Gasteiger partial charge >= 0.3 is 0 Å². The fourth-order valence-electron chi connectivity index (χ4n) is 4.14. The zero-order chi connectivity index (χ0) is 18.9. The third kappa shape index (κ3) is 4.21. The summed E-state index contributed by atoms with van der Waals surface area (Å²) in [5, 5.41) is 0. The van der Waals surface area contributed by atoms with E-state index in [1.165, 1.54) is 17.5 Å². The van der Waals surface area contributed by atoms with Crippen LogP contribution in [0.3, 0.4) is 0 Å². The molecule has 2 aromatic rings. The molecule has 1 unspecified atom stereocenters. The maximum Gasteiger partial charge on any atom is 0.227 e. The molecule has 1 fully saturated rings. The lowest BCUT2D eigenvalue weighted by atomic mass is 10.0. The van der Waals surface area contributed by atoms with Gasteiger partial charge in [-0.1, -0.05) is 24.3 Å². The summed E-state index contributed by atoms with van der Waals surface area (Å²) in [6, 6.07) is 9.83. The summed E-state index contributed by atoms with van der Waals surface area (Å²) in [7, 11) is -3.06. The summed E-state index contributed by atoms with van der Waals surface area (Å²) in [4.78, 5) is 19.0. The number of amides is 1. The van der Waals surface area contributed by atoms with Crippen LogP contribution in [0, 0.1) is 0 Å². The van der Waals surface area contributed by atoms with Crippen molar-refractivity contribution in [3.8, 4) is 0 Å². The minimum absolute atomic E-state index is 0.0149. The lowest BCUT2D eigenvalue weighted by molar-refractivity contribution is -0.133. The van der Waals surface area contributed by atoms with Crippen LogP contribution in [0.1, 0.15) is 35.1 Å². The molecule has 0 saturated carbocycles. The SMILES string of the molecule is O=C(Cc1ccc2c(c1)CCC2)N(Cc1cccnc1)C1CCS(=O)(=O)C1. The van der Waals surface area contributed by atoms with Gasteiger partial charge in [-0.25, -0.2) is 8.42 Å². The van der Waals surface area contributed by atoms with E-state index < -0.39 is 9.84 Å². The molecule has 2 heterocycles. The summed E-state index contributed by atoms with van der Waals surface area (Å²) in [6.45, 7) is 0.401. The van der Waals surface area contributed by atoms with Crippen LogP contribution in [0.25, 0.3) is 0 Å². The first-order valence-corrected chi connectivity index (χ1v) is 11.3. The highest BCUT2D eigenvalue weighted by molar-refractivity contribution is 7.91. The molecule has 1 saturated heterocycles. The topological polar surface area (TPSA) is 67.3 Å². The molecule has 0 N–H and O–H groups in total. The smallest absolute Gasteiger partial charge is 0.227 e. The number of aryl methyl sites for hydroxylation is 2. The molecule has 2 aliphatic rings. The minimum atomic E-state index is -3.06. The number of hydrogen-bond acceptors (Lipinski definition) is 4. The molecule has 27 heavy (non-hydrogen) atoms. The van der Waals surface area contributed by atoms with Crippen molar-refractivity contribution in [1.82, 2.24) is 9.88 Å². The van der Waals surface area contributed by atoms with Gasteiger partial charge in [0.05, 0.1) is 17.9 Å². The number of aromatic nitrogens is 1. The third-order valence-corrected chi connectivity index (χ3v) is 7.31. The predicted octanol–water partition coefficient (Wildman–Crippen LogP) is 2.33. The second-order valence-corrected chi connectivity index (χ2v) is 9.80. The van der Waals surface area contributed by atoms with Crippen LogP contribution < -0.4 is 0 Å². The summed E-state index contributed by atoms with van der Waals surface area (Å²) in [5.74, 6) is 0.204. The highest BCUT2D eigenvalue weighted by Gasteiger charge is 2.34. The first-order valence-electron chi connectivity index (χ1n) is 9.50. The number of pyridine rings is 1. The van der Waals surface area contributed by atoms with E-state index in [2.05, 4.69) is 17.1 Å². The Bertz CT molecular complexity index is 941. The Morgan fingerprint density at radius 1 is 1.15 bits per heavy atom. The molecule has 5 nitrogen and oxygen atoms in total. The maximum atomic E-state index is 13.1. The Morgan fingerprint density at radius 2 is 2.00 bits per heavy atom. The Hall–Kier alpha value is -2.21. The Labute approximate surface area is 160 Å². The lowest BCUT2D eigenvalue weighted by Gasteiger charge is -2.28. The van der Waals surface area contributed by atoms with E-state index in [4.69, 9.17) is 0 Å². The molecule has 1 aromatic heterocycles. The molecule has 1 amide bonds. The summed E-state index contributed by atoms with van der Waals surface area (Å²) in [6.07, 6.45) is 7.63. The van der Waals surface area contributed by atoms with E-state index in [1.54, 1.807) is 17.3 Å². The third-order valence-electron chi connectivity index (χ3n) is 5.56. The monoisotopic (exact) mass is 384 g/mol. The van der Waals surface area contributed by atoms with Crippen molar-refractivity contribution in [2.45, 2.75) is 44.7 Å². The van der Waals surface area contributed by atoms with Crippen LogP contribution in [-0.4, -0.2) is 41.8 Å². The Balaban J connectivity index is 1.54. The molecule has 1 aliphatic carbocycles. The molecule has 0 spiro atoms. The van der Waals surface area contributed by atoms with Gasteiger partial charge in [-0.2, -0.15) is 0 Å². The highest BCUT2D eigenvalue weighted by Crippen LogP contribution is 2.25. The highest BCUT2D eigenvalue weighted by atomic mass is 32.2. The van der Waals surface area contributed by atoms with Crippen molar-refractivity contribution in [1.29, 1.82) is 0 Å². The van der Waals surface area contributed by atoms with E-state index in [0.29, 0.717) is 19.4 Å². The van der Waals surface area contributed by atoms with Gasteiger partial charge in [0.2, 0.25) is 5.91 Å². The summed E-state index contributed by atoms with van der Waals surface area (Å²) >= 11 is 0. The zero-order valence-corrected chi connectivity index (χ0v) is 16.1. The Morgan fingerprint density at radius 3 is 2.74 bits per heavy atom. The van der Waals surface area contributed by atoms with Crippen molar-refractivity contribution < 1.29 is 13.2 Å². The fourth-order valence-corrected chi connectivity index (χ4v) is 5.87. The number of nitrogens with zero attached hydrogens (tertiary/aromatic N) is 2. The number of hydrogen-bond donors (Lipinski definition) is 0. The predicted molar refractivity (Wildman–Crippen MR) is 104 cm³/mol. The minimum Gasteiger partial charge on any atom is -0.334 e. The number of sulfone groups is 1. The molecule has 1 aliphatic heterocycles. The number of benzene rings is 1. The summed E-state index contributed by atoms with van der Waals surface area (Å²) in [5.41, 5.74) is 4.67. The van der Waals surface area contributed by atoms with Crippen molar-refractivity contribution in [2.75, 3.05) is 11.5 Å². The number of fused-ring (bicyclic) bond motifs is 1. The largest absolute Gasteiger partial charge is 0.334 e. The zero-order valence-electron chi connectivity index (χ0n) is 15.3. The van der Waals surface area contributed by atoms with Gasteiger partial charge in [0.15, 0.2) is 9.84 Å². The van der Waals surface area contributed by atoms with Crippen molar-refractivity contribution in [3.63, 3.8) is 0 Å². The van der Waals surface area contributed by atoms with E-state index in [0.717, 1.165) is 24.0 Å². The number of carbonyl (C=O) groups is 1. The molecule has 1 aromatic carbocycles. The van der Waals surface area contributed by atoms with Crippen LogP contribution >= 0.6 is 0 Å². The van der Waals surface area contributed by atoms with Crippen LogP contribution in [0.5, 0.6) is 0 Å². The van der Waals surface area contributed by atoms with Gasteiger partial charge in [0.25, 0.3) is 0 Å².